The van der Waals surface area contributed by atoms with Gasteiger partial charge in [-0.2, -0.15) is 8.70 Å². The number of sulfonamides is 1. The van der Waals surface area contributed by atoms with Crippen LogP contribution in [0.3, 0.4) is 0 Å². The first-order valence-corrected chi connectivity index (χ1v) is 8.13. The fraction of sp³-hybridized carbons (Fsp3) is 0.538. The number of nitro groups is 1. The predicted molar refractivity (Wildman–Crippen MR) is 74.8 cm³/mol. The highest BCUT2D eigenvalue weighted by atomic mass is 32.2. The Morgan fingerprint density at radius 1 is 1.33 bits per heavy atom. The van der Waals surface area contributed by atoms with Crippen LogP contribution >= 0.6 is 0 Å². The van der Waals surface area contributed by atoms with E-state index in [9.17, 15) is 22.9 Å². The van der Waals surface area contributed by atoms with E-state index in [1.165, 1.54) is 4.31 Å². The smallest absolute Gasteiger partial charge is 0.258 e. The van der Waals surface area contributed by atoms with Crippen molar-refractivity contribution in [3.8, 4) is 0 Å². The fourth-order valence-electron chi connectivity index (χ4n) is 2.51. The van der Waals surface area contributed by atoms with Crippen molar-refractivity contribution in [1.29, 1.82) is 0 Å². The van der Waals surface area contributed by atoms with Crippen molar-refractivity contribution < 1.29 is 17.7 Å². The van der Waals surface area contributed by atoms with E-state index in [4.69, 9.17) is 0 Å². The van der Waals surface area contributed by atoms with Crippen LogP contribution in [0.4, 0.5) is 10.1 Å². The number of rotatable bonds is 3. The maximum Gasteiger partial charge on any atom is 0.304 e. The number of piperidine rings is 1. The lowest BCUT2D eigenvalue weighted by Crippen LogP contribution is -2.44. The van der Waals surface area contributed by atoms with Gasteiger partial charge in [-0.15, -0.1) is 0 Å². The minimum Gasteiger partial charge on any atom is -0.258 e. The standard InChI is InChI=1S/C13H17FN2O4S/c1-9-3-4-10(2)15(8-9)21(19,20)11-5-6-13(16(17)18)12(14)7-11/h5-7,9-10H,3-4,8H2,1-2H3. The molecule has 0 spiro atoms. The van der Waals surface area contributed by atoms with Crippen LogP contribution in [0, 0.1) is 21.8 Å². The zero-order valence-corrected chi connectivity index (χ0v) is 12.6. The van der Waals surface area contributed by atoms with E-state index in [1.54, 1.807) is 0 Å². The Bertz CT molecular complexity index is 662. The Kier molecular flexibility index (Phi) is 4.29. The summed E-state index contributed by atoms with van der Waals surface area (Å²) in [5, 5.41) is 10.6. The average molecular weight is 316 g/mol. The van der Waals surface area contributed by atoms with E-state index < -0.39 is 26.5 Å². The van der Waals surface area contributed by atoms with Gasteiger partial charge in [0.25, 0.3) is 0 Å². The molecule has 0 aromatic heterocycles. The molecule has 2 unspecified atom stereocenters. The molecule has 6 nitrogen and oxygen atoms in total. The molecular weight excluding hydrogens is 299 g/mol. The molecule has 0 aliphatic carbocycles. The number of nitro benzene ring substituents is 1. The van der Waals surface area contributed by atoms with E-state index in [2.05, 4.69) is 0 Å². The molecule has 1 heterocycles. The van der Waals surface area contributed by atoms with Gasteiger partial charge in [0.1, 0.15) is 0 Å². The summed E-state index contributed by atoms with van der Waals surface area (Å²) in [6, 6.07) is 2.53. The van der Waals surface area contributed by atoms with Gasteiger partial charge in [-0.05, 0) is 31.7 Å². The van der Waals surface area contributed by atoms with E-state index in [1.807, 2.05) is 13.8 Å². The van der Waals surface area contributed by atoms with Crippen molar-refractivity contribution in [1.82, 2.24) is 4.31 Å². The van der Waals surface area contributed by atoms with Crippen LogP contribution in [0.1, 0.15) is 26.7 Å². The Morgan fingerprint density at radius 2 is 2.00 bits per heavy atom. The van der Waals surface area contributed by atoms with Gasteiger partial charge in [-0.1, -0.05) is 6.92 Å². The number of hydrogen-bond donors (Lipinski definition) is 0. The van der Waals surface area contributed by atoms with Crippen molar-refractivity contribution in [2.45, 2.75) is 37.6 Å². The topological polar surface area (TPSA) is 80.5 Å². The minimum atomic E-state index is -3.84. The molecule has 0 radical (unpaired) electrons. The summed E-state index contributed by atoms with van der Waals surface area (Å²) in [6.07, 6.45) is 1.69. The Morgan fingerprint density at radius 3 is 2.57 bits per heavy atom. The zero-order valence-electron chi connectivity index (χ0n) is 11.8. The number of hydrogen-bond acceptors (Lipinski definition) is 4. The summed E-state index contributed by atoms with van der Waals surface area (Å²) >= 11 is 0. The molecule has 1 aromatic rings. The van der Waals surface area contributed by atoms with Crippen LogP contribution in [-0.4, -0.2) is 30.2 Å². The third-order valence-electron chi connectivity index (χ3n) is 3.78. The van der Waals surface area contributed by atoms with Crippen LogP contribution in [0.25, 0.3) is 0 Å². The fourth-order valence-corrected chi connectivity index (χ4v) is 4.31. The van der Waals surface area contributed by atoms with E-state index in [-0.39, 0.29) is 16.9 Å². The molecule has 0 bridgehead atoms. The molecule has 1 aliphatic heterocycles. The van der Waals surface area contributed by atoms with Crippen LogP contribution in [0.15, 0.2) is 23.1 Å². The summed E-state index contributed by atoms with van der Waals surface area (Å²) in [6.45, 7) is 4.15. The molecule has 0 N–H and O–H groups in total. The molecule has 2 rings (SSSR count). The van der Waals surface area contributed by atoms with Gasteiger partial charge in [0.05, 0.1) is 9.82 Å². The molecule has 0 amide bonds. The summed E-state index contributed by atoms with van der Waals surface area (Å²) < 4.78 is 40.1. The Labute approximate surface area is 122 Å². The summed E-state index contributed by atoms with van der Waals surface area (Å²) in [5.74, 6) is -0.905. The molecule has 1 aliphatic rings. The van der Waals surface area contributed by atoms with Gasteiger partial charge in [-0.25, -0.2) is 8.42 Å². The molecule has 1 fully saturated rings. The van der Waals surface area contributed by atoms with Gasteiger partial charge in [0.15, 0.2) is 0 Å². The van der Waals surface area contributed by atoms with Gasteiger partial charge in [0, 0.05) is 24.7 Å². The minimum absolute atomic E-state index is 0.163. The molecular formula is C13H17FN2O4S. The maximum atomic E-state index is 13.6. The lowest BCUT2D eigenvalue weighted by atomic mass is 9.97. The number of benzene rings is 1. The summed E-state index contributed by atoms with van der Waals surface area (Å²) in [5.41, 5.74) is -0.728. The third kappa shape index (κ3) is 3.06. The van der Waals surface area contributed by atoms with Gasteiger partial charge in [-0.3, -0.25) is 10.1 Å². The van der Waals surface area contributed by atoms with Crippen molar-refractivity contribution in [3.63, 3.8) is 0 Å². The lowest BCUT2D eigenvalue weighted by Gasteiger charge is -2.35. The second kappa shape index (κ2) is 5.69. The molecule has 8 heteroatoms. The molecule has 1 saturated heterocycles. The van der Waals surface area contributed by atoms with E-state index >= 15 is 0 Å². The second-order valence-electron chi connectivity index (χ2n) is 5.48. The predicted octanol–water partition coefficient (Wildman–Crippen LogP) is 2.54. The monoisotopic (exact) mass is 316 g/mol. The Hall–Kier alpha value is -1.54. The largest absolute Gasteiger partial charge is 0.304 e. The molecule has 116 valence electrons. The quantitative estimate of drug-likeness (QED) is 0.634. The highest BCUT2D eigenvalue weighted by Crippen LogP contribution is 2.29. The van der Waals surface area contributed by atoms with Crippen molar-refractivity contribution in [2.75, 3.05) is 6.54 Å². The van der Waals surface area contributed by atoms with E-state index in [0.717, 1.165) is 31.0 Å². The molecule has 1 aromatic carbocycles. The number of nitrogens with zero attached hydrogens (tertiary/aromatic N) is 2. The van der Waals surface area contributed by atoms with Crippen LogP contribution in [0.2, 0.25) is 0 Å². The van der Waals surface area contributed by atoms with Crippen LogP contribution in [-0.2, 0) is 10.0 Å². The second-order valence-corrected chi connectivity index (χ2v) is 7.37. The first-order chi connectivity index (χ1) is 9.73. The van der Waals surface area contributed by atoms with Gasteiger partial charge < -0.3 is 0 Å². The molecule has 21 heavy (non-hydrogen) atoms. The van der Waals surface area contributed by atoms with Gasteiger partial charge >= 0.3 is 5.69 Å². The first kappa shape index (κ1) is 15.8. The molecule has 0 saturated carbocycles. The zero-order chi connectivity index (χ0) is 15.8. The summed E-state index contributed by atoms with van der Waals surface area (Å²) in [4.78, 5) is 9.46. The average Bonchev–Trinajstić information content (AvgIpc) is 2.40. The van der Waals surface area contributed by atoms with Crippen LogP contribution in [0.5, 0.6) is 0 Å². The maximum absolute atomic E-state index is 13.6. The lowest BCUT2D eigenvalue weighted by molar-refractivity contribution is -0.387. The first-order valence-electron chi connectivity index (χ1n) is 6.69. The van der Waals surface area contributed by atoms with Crippen molar-refractivity contribution in [2.24, 2.45) is 5.92 Å². The number of halogens is 1. The van der Waals surface area contributed by atoms with Crippen molar-refractivity contribution in [3.05, 3.63) is 34.1 Å². The third-order valence-corrected chi connectivity index (χ3v) is 5.76. The normalized spacial score (nSPS) is 24.0. The highest BCUT2D eigenvalue weighted by Gasteiger charge is 2.34. The van der Waals surface area contributed by atoms with Crippen molar-refractivity contribution >= 4 is 15.7 Å². The highest BCUT2D eigenvalue weighted by molar-refractivity contribution is 7.89. The van der Waals surface area contributed by atoms with Crippen LogP contribution < -0.4 is 0 Å². The Balaban J connectivity index is 2.39. The SMILES string of the molecule is CC1CCC(C)N(S(=O)(=O)c2ccc([N+](=O)[O-])c(F)c2)C1. The van der Waals surface area contributed by atoms with E-state index in [0.29, 0.717) is 6.54 Å². The molecule has 2 atom stereocenters. The summed E-state index contributed by atoms with van der Waals surface area (Å²) in [7, 11) is -3.84. The van der Waals surface area contributed by atoms with Gasteiger partial charge in [0.2, 0.25) is 15.8 Å².